The van der Waals surface area contributed by atoms with E-state index in [2.05, 4.69) is 46.9 Å². The molecule has 0 saturated heterocycles. The molecule has 0 radical (unpaired) electrons. The number of hydrogen-bond donors (Lipinski definition) is 2. The molecule has 9 heteroatoms. The highest BCUT2D eigenvalue weighted by Crippen LogP contribution is 2.35. The summed E-state index contributed by atoms with van der Waals surface area (Å²) in [6.45, 7) is 7.06. The van der Waals surface area contributed by atoms with Crippen molar-refractivity contribution in [2.45, 2.75) is 58.2 Å². The Hall–Kier alpha value is -3.46. The molecule has 0 fully saturated rings. The summed E-state index contributed by atoms with van der Waals surface area (Å²) >= 11 is 0. The second-order valence-corrected chi connectivity index (χ2v) is 8.52. The van der Waals surface area contributed by atoms with E-state index in [1.165, 1.54) is 0 Å². The molecule has 9 nitrogen and oxygen atoms in total. The van der Waals surface area contributed by atoms with Crippen LogP contribution in [0.3, 0.4) is 0 Å². The molecule has 0 spiro atoms. The lowest BCUT2D eigenvalue weighted by Crippen LogP contribution is -2.46. The van der Waals surface area contributed by atoms with Crippen molar-refractivity contribution in [2.75, 3.05) is 19.0 Å². The Morgan fingerprint density at radius 1 is 1.18 bits per heavy atom. The molecule has 2 heterocycles. The number of amides is 1. The van der Waals surface area contributed by atoms with Gasteiger partial charge in [0, 0.05) is 11.1 Å². The number of nitrogens with one attached hydrogen (secondary N) is 2. The first-order valence-electron chi connectivity index (χ1n) is 11.7. The van der Waals surface area contributed by atoms with E-state index >= 15 is 0 Å². The Balaban J connectivity index is 1.76. The van der Waals surface area contributed by atoms with Gasteiger partial charge in [0.05, 0.1) is 25.4 Å². The maximum atomic E-state index is 11.7. The molecule has 0 saturated carbocycles. The lowest BCUT2D eigenvalue weighted by atomic mass is 9.87. The van der Waals surface area contributed by atoms with Crippen molar-refractivity contribution in [3.05, 3.63) is 59.4 Å². The summed E-state index contributed by atoms with van der Waals surface area (Å²) in [7, 11) is 1.66. The lowest BCUT2D eigenvalue weighted by Gasteiger charge is -2.36. The van der Waals surface area contributed by atoms with Crippen LogP contribution in [0.25, 0.3) is 0 Å². The average Bonchev–Trinajstić information content (AvgIpc) is 3.33. The third-order valence-corrected chi connectivity index (χ3v) is 6.78. The van der Waals surface area contributed by atoms with Crippen LogP contribution in [0.4, 0.5) is 5.69 Å². The predicted octanol–water partition coefficient (Wildman–Crippen LogP) is 3.71. The number of benzene rings is 2. The molecule has 180 valence electrons. The summed E-state index contributed by atoms with van der Waals surface area (Å²) in [4.78, 5) is 11.7. The minimum Gasteiger partial charge on any atom is -0.496 e. The molecular weight excluding hydrogens is 432 g/mol. The summed E-state index contributed by atoms with van der Waals surface area (Å²) < 4.78 is 13.0. The van der Waals surface area contributed by atoms with Crippen LogP contribution < -0.4 is 20.1 Å². The third-order valence-electron chi connectivity index (χ3n) is 6.78. The zero-order valence-electron chi connectivity index (χ0n) is 20.2. The molecule has 0 aliphatic carbocycles. The Kier molecular flexibility index (Phi) is 7.12. The second kappa shape index (κ2) is 10.2. The number of fused-ring (bicyclic) bond motifs is 1. The van der Waals surface area contributed by atoms with Gasteiger partial charge in [0.1, 0.15) is 11.5 Å². The summed E-state index contributed by atoms with van der Waals surface area (Å²) in [6.07, 6.45) is 2.88. The Morgan fingerprint density at radius 2 is 1.94 bits per heavy atom. The van der Waals surface area contributed by atoms with Gasteiger partial charge in [0.2, 0.25) is 0 Å². The first-order valence-corrected chi connectivity index (χ1v) is 11.7. The number of nitrogens with zero attached hydrogens (tertiary/aromatic N) is 4. The normalized spacial score (nSPS) is 14.2. The van der Waals surface area contributed by atoms with Gasteiger partial charge in [0.15, 0.2) is 12.4 Å². The highest BCUT2D eigenvalue weighted by atomic mass is 16.5. The summed E-state index contributed by atoms with van der Waals surface area (Å²) in [5.41, 5.74) is 2.53. The second-order valence-electron chi connectivity index (χ2n) is 8.52. The number of rotatable bonds is 10. The number of carbonyl (C=O) groups excluding carboxylic acids is 1. The number of para-hydroxylation sites is 1. The molecular formula is C25H32N6O3. The number of carbonyl (C=O) groups is 1. The molecule has 2 N–H and O–H groups in total. The minimum absolute atomic E-state index is 0.00288. The number of anilines is 1. The topological polar surface area (TPSA) is 103 Å². The maximum Gasteiger partial charge on any atom is 0.262 e. The summed E-state index contributed by atoms with van der Waals surface area (Å²) in [5.74, 6) is 1.97. The van der Waals surface area contributed by atoms with E-state index < -0.39 is 0 Å². The van der Waals surface area contributed by atoms with Gasteiger partial charge in [-0.2, -0.15) is 0 Å². The van der Waals surface area contributed by atoms with Crippen molar-refractivity contribution >= 4 is 11.6 Å². The number of aromatic nitrogens is 4. The Morgan fingerprint density at radius 3 is 2.68 bits per heavy atom. The SMILES string of the molecule is CCC(CC)(CC)NC(c1ccc2c(c1)OCC(=O)N2)c1nnnn1Cc1ccccc1OC. The molecule has 1 amide bonds. The van der Waals surface area contributed by atoms with E-state index in [-0.39, 0.29) is 24.1 Å². The van der Waals surface area contributed by atoms with Crippen LogP contribution in [0.1, 0.15) is 63.0 Å². The zero-order valence-corrected chi connectivity index (χ0v) is 20.2. The van der Waals surface area contributed by atoms with E-state index in [9.17, 15) is 4.79 Å². The largest absolute Gasteiger partial charge is 0.496 e. The monoisotopic (exact) mass is 464 g/mol. The zero-order chi connectivity index (χ0) is 24.1. The number of methoxy groups -OCH3 is 1. The van der Waals surface area contributed by atoms with Crippen molar-refractivity contribution in [2.24, 2.45) is 0 Å². The molecule has 3 aromatic rings. The standard InChI is InChI=1S/C25H32N6O3/c1-5-25(6-2,7-3)27-23(17-12-13-19-21(14-17)34-16-22(32)26-19)24-28-29-30-31(24)15-18-10-8-9-11-20(18)33-4/h8-14,23,27H,5-7,15-16H2,1-4H3,(H,26,32). The quantitative estimate of drug-likeness (QED) is 0.471. The molecule has 1 atom stereocenters. The van der Waals surface area contributed by atoms with Gasteiger partial charge in [-0.3, -0.25) is 10.1 Å². The van der Waals surface area contributed by atoms with Gasteiger partial charge in [-0.15, -0.1) is 5.10 Å². The van der Waals surface area contributed by atoms with Crippen molar-refractivity contribution in [3.8, 4) is 11.5 Å². The molecule has 34 heavy (non-hydrogen) atoms. The first kappa shape index (κ1) is 23.7. The van der Waals surface area contributed by atoms with Gasteiger partial charge >= 0.3 is 0 Å². The fraction of sp³-hybridized carbons (Fsp3) is 0.440. The van der Waals surface area contributed by atoms with E-state index in [1.807, 2.05) is 47.1 Å². The molecule has 4 rings (SSSR count). The van der Waals surface area contributed by atoms with Gasteiger partial charge in [-0.1, -0.05) is 45.0 Å². The van der Waals surface area contributed by atoms with Crippen LogP contribution in [0.2, 0.25) is 0 Å². The fourth-order valence-corrected chi connectivity index (χ4v) is 4.46. The molecule has 2 aromatic carbocycles. The van der Waals surface area contributed by atoms with Crippen LogP contribution in [0.15, 0.2) is 42.5 Å². The van der Waals surface area contributed by atoms with Crippen LogP contribution in [0, 0.1) is 0 Å². The molecule has 1 aliphatic heterocycles. The smallest absolute Gasteiger partial charge is 0.262 e. The van der Waals surface area contributed by atoms with Crippen LogP contribution in [0.5, 0.6) is 11.5 Å². The van der Waals surface area contributed by atoms with Crippen molar-refractivity contribution < 1.29 is 14.3 Å². The van der Waals surface area contributed by atoms with Gasteiger partial charge in [-0.05, 0) is 53.5 Å². The van der Waals surface area contributed by atoms with Gasteiger partial charge < -0.3 is 14.8 Å². The number of hydrogen-bond acceptors (Lipinski definition) is 7. The molecule has 1 aliphatic rings. The van der Waals surface area contributed by atoms with E-state index in [1.54, 1.807) is 7.11 Å². The van der Waals surface area contributed by atoms with Crippen LogP contribution >= 0.6 is 0 Å². The first-order chi connectivity index (χ1) is 16.5. The van der Waals surface area contributed by atoms with E-state index in [0.717, 1.165) is 36.1 Å². The molecule has 0 bridgehead atoms. The van der Waals surface area contributed by atoms with Gasteiger partial charge in [0.25, 0.3) is 5.91 Å². The Labute approximate surface area is 199 Å². The van der Waals surface area contributed by atoms with E-state index in [4.69, 9.17) is 9.47 Å². The lowest BCUT2D eigenvalue weighted by molar-refractivity contribution is -0.118. The number of ether oxygens (including phenoxy) is 2. The van der Waals surface area contributed by atoms with Crippen molar-refractivity contribution in [1.82, 2.24) is 25.5 Å². The van der Waals surface area contributed by atoms with E-state index in [0.29, 0.717) is 23.8 Å². The third kappa shape index (κ3) is 4.75. The number of tetrazole rings is 1. The van der Waals surface area contributed by atoms with Crippen LogP contribution in [-0.2, 0) is 11.3 Å². The maximum absolute atomic E-state index is 11.7. The highest BCUT2D eigenvalue weighted by Gasteiger charge is 2.32. The Bertz CT molecular complexity index is 1130. The summed E-state index contributed by atoms with van der Waals surface area (Å²) in [6, 6.07) is 13.4. The molecule has 1 unspecified atom stereocenters. The molecule has 1 aromatic heterocycles. The van der Waals surface area contributed by atoms with Crippen LogP contribution in [-0.4, -0.2) is 45.4 Å². The predicted molar refractivity (Wildman–Crippen MR) is 129 cm³/mol. The minimum atomic E-state index is -0.281. The highest BCUT2D eigenvalue weighted by molar-refractivity contribution is 5.95. The average molecular weight is 465 g/mol. The fourth-order valence-electron chi connectivity index (χ4n) is 4.46. The van der Waals surface area contributed by atoms with Crippen molar-refractivity contribution in [1.29, 1.82) is 0 Å². The summed E-state index contributed by atoms with van der Waals surface area (Å²) in [5, 5.41) is 19.5. The van der Waals surface area contributed by atoms with Crippen molar-refractivity contribution in [3.63, 3.8) is 0 Å². The van der Waals surface area contributed by atoms with Gasteiger partial charge in [-0.25, -0.2) is 4.68 Å².